The molecule has 244 valence electrons. The number of benzene rings is 7. The smallest absolute Gasteiger partial charge is 0.209 e. The van der Waals surface area contributed by atoms with Crippen LogP contribution in [0.15, 0.2) is 186 Å². The lowest BCUT2D eigenvalue weighted by atomic mass is 10.0. The van der Waals surface area contributed by atoms with E-state index in [4.69, 9.17) is 9.98 Å². The maximum Gasteiger partial charge on any atom is 0.209 e. The van der Waals surface area contributed by atoms with E-state index in [9.17, 15) is 0 Å². The lowest BCUT2D eigenvalue weighted by Gasteiger charge is -2.15. The lowest BCUT2D eigenvalue weighted by Crippen LogP contribution is -2.28. The van der Waals surface area contributed by atoms with Gasteiger partial charge in [-0.2, -0.15) is 4.99 Å². The third-order valence-electron chi connectivity index (χ3n) is 9.63. The minimum absolute atomic E-state index is 0.511. The number of aromatic nitrogens is 2. The summed E-state index contributed by atoms with van der Waals surface area (Å²) in [7, 11) is 1.94. The first-order chi connectivity index (χ1) is 25.3. The van der Waals surface area contributed by atoms with Gasteiger partial charge in [0.1, 0.15) is 0 Å². The molecule has 2 aromatic heterocycles. The van der Waals surface area contributed by atoms with Crippen LogP contribution in [0.5, 0.6) is 0 Å². The van der Waals surface area contributed by atoms with Crippen LogP contribution in [0.1, 0.15) is 11.1 Å². The molecular weight excluding hydrogens is 623 g/mol. The third-order valence-corrected chi connectivity index (χ3v) is 9.63. The molecule has 0 saturated heterocycles. The molecule has 0 fully saturated rings. The van der Waals surface area contributed by atoms with Crippen LogP contribution in [0.2, 0.25) is 0 Å². The molecule has 9 rings (SSSR count). The fourth-order valence-corrected chi connectivity index (χ4v) is 7.27. The maximum atomic E-state index is 5.40. The fourth-order valence-electron chi connectivity index (χ4n) is 7.27. The van der Waals surface area contributed by atoms with Crippen LogP contribution in [-0.2, 0) is 6.54 Å². The minimum atomic E-state index is 0.511. The molecule has 0 amide bonds. The zero-order chi connectivity index (χ0) is 34.1. The molecule has 5 heteroatoms. The van der Waals surface area contributed by atoms with Crippen molar-refractivity contribution in [3.05, 3.63) is 187 Å². The molecule has 7 aromatic carbocycles. The van der Waals surface area contributed by atoms with Crippen molar-refractivity contribution in [1.82, 2.24) is 14.5 Å². The molecule has 2 heterocycles. The summed E-state index contributed by atoms with van der Waals surface area (Å²) in [6, 6.07) is 61.8. The largest absolute Gasteiger partial charge is 0.358 e. The molecule has 0 atom stereocenters. The van der Waals surface area contributed by atoms with E-state index >= 15 is 0 Å². The number of hydrogen-bond donors (Lipinski definition) is 1. The molecule has 0 saturated carbocycles. The van der Waals surface area contributed by atoms with Crippen molar-refractivity contribution in [1.29, 1.82) is 0 Å². The average Bonchev–Trinajstić information content (AvgIpc) is 3.72. The molecule has 0 unspecified atom stereocenters. The zero-order valence-corrected chi connectivity index (χ0v) is 28.2. The summed E-state index contributed by atoms with van der Waals surface area (Å²) in [4.78, 5) is 10.6. The molecule has 0 bridgehead atoms. The summed E-state index contributed by atoms with van der Waals surface area (Å²) in [5, 5.41) is 8.23. The lowest BCUT2D eigenvalue weighted by molar-refractivity contribution is 1.04. The fraction of sp³-hybridized carbons (Fsp3) is 0.0435. The highest BCUT2D eigenvalue weighted by atomic mass is 15.2. The summed E-state index contributed by atoms with van der Waals surface area (Å²) in [5.41, 5.74) is 9.96. The predicted octanol–water partition coefficient (Wildman–Crippen LogP) is 10.6. The van der Waals surface area contributed by atoms with Crippen LogP contribution in [0.3, 0.4) is 0 Å². The van der Waals surface area contributed by atoms with Crippen molar-refractivity contribution >= 4 is 55.4 Å². The van der Waals surface area contributed by atoms with Crippen molar-refractivity contribution in [3.63, 3.8) is 0 Å². The molecular formula is C46H35N5. The third kappa shape index (κ3) is 5.36. The van der Waals surface area contributed by atoms with Gasteiger partial charge in [0.15, 0.2) is 5.84 Å². The Bertz CT molecular complexity index is 2720. The first-order valence-electron chi connectivity index (χ1n) is 17.3. The maximum absolute atomic E-state index is 5.40. The topological polar surface area (TPSA) is 46.6 Å². The Hall–Kier alpha value is -6.72. The molecule has 5 nitrogen and oxygen atoms in total. The van der Waals surface area contributed by atoms with Crippen LogP contribution < -0.4 is 5.32 Å². The van der Waals surface area contributed by atoms with E-state index in [1.54, 1.807) is 0 Å². The van der Waals surface area contributed by atoms with Gasteiger partial charge in [0.2, 0.25) is 5.96 Å². The van der Waals surface area contributed by atoms with E-state index in [1.807, 2.05) is 19.2 Å². The number of rotatable bonds is 5. The van der Waals surface area contributed by atoms with Gasteiger partial charge < -0.3 is 9.88 Å². The number of hydrogen-bond acceptors (Lipinski definition) is 1. The predicted molar refractivity (Wildman–Crippen MR) is 214 cm³/mol. The first-order valence-corrected chi connectivity index (χ1v) is 17.3. The van der Waals surface area contributed by atoms with Crippen LogP contribution >= 0.6 is 0 Å². The molecule has 0 aliphatic heterocycles. The quantitative estimate of drug-likeness (QED) is 0.145. The van der Waals surface area contributed by atoms with Gasteiger partial charge in [-0.05, 0) is 41.0 Å². The SMILES string of the molecule is CNC(=NC(=NCc1ccccc1)c1ccc(-c2ccccc2)cc1)n1c2ccccc2c2ccc3c4ccccc4n(-c4ccccc4)c3c21. The van der Waals surface area contributed by atoms with Gasteiger partial charge in [0.25, 0.3) is 0 Å². The Kier molecular flexibility index (Phi) is 7.71. The van der Waals surface area contributed by atoms with Crippen molar-refractivity contribution in [2.24, 2.45) is 9.98 Å². The summed E-state index contributed by atoms with van der Waals surface area (Å²) in [6.07, 6.45) is 0. The van der Waals surface area contributed by atoms with Gasteiger partial charge in [-0.3, -0.25) is 9.56 Å². The number of para-hydroxylation sites is 3. The van der Waals surface area contributed by atoms with Crippen molar-refractivity contribution in [2.75, 3.05) is 7.05 Å². The summed E-state index contributed by atoms with van der Waals surface area (Å²) < 4.78 is 4.67. The van der Waals surface area contributed by atoms with Gasteiger partial charge in [-0.1, -0.05) is 152 Å². The number of nitrogens with zero attached hydrogens (tertiary/aromatic N) is 4. The zero-order valence-electron chi connectivity index (χ0n) is 28.2. The second kappa shape index (κ2) is 13.0. The second-order valence-corrected chi connectivity index (χ2v) is 12.7. The standard InChI is InChI=1S/C46H35N5/c1-47-46(49-45(48-31-32-15-5-2-6-16-32)35-27-25-34(26-28-35)33-17-7-3-8-18-33)51-42-24-14-12-22-38(42)40-30-29-39-37-21-11-13-23-41(37)50(43(39)44(40)51)36-19-9-4-10-20-36/h2-30H,31H2,1H3,(H,47,48,49). The van der Waals surface area contributed by atoms with Crippen LogP contribution in [-0.4, -0.2) is 28.0 Å². The Morgan fingerprint density at radius 2 is 1.06 bits per heavy atom. The van der Waals surface area contributed by atoms with E-state index in [0.717, 1.165) is 55.2 Å². The van der Waals surface area contributed by atoms with Crippen molar-refractivity contribution in [2.45, 2.75) is 6.54 Å². The van der Waals surface area contributed by atoms with Crippen LogP contribution in [0.25, 0.3) is 60.4 Å². The normalized spacial score (nSPS) is 12.3. The van der Waals surface area contributed by atoms with Crippen molar-refractivity contribution in [3.8, 4) is 16.8 Å². The molecule has 1 N–H and O–H groups in total. The highest BCUT2D eigenvalue weighted by Crippen LogP contribution is 2.40. The van der Waals surface area contributed by atoms with Crippen LogP contribution in [0.4, 0.5) is 0 Å². The summed E-state index contributed by atoms with van der Waals surface area (Å²) in [6.45, 7) is 0.511. The molecule has 51 heavy (non-hydrogen) atoms. The van der Waals surface area contributed by atoms with E-state index in [-0.39, 0.29) is 0 Å². The Morgan fingerprint density at radius 1 is 0.510 bits per heavy atom. The van der Waals surface area contributed by atoms with E-state index < -0.39 is 0 Å². The first kappa shape index (κ1) is 30.3. The highest BCUT2D eigenvalue weighted by molar-refractivity contribution is 6.26. The van der Waals surface area contributed by atoms with E-state index in [0.29, 0.717) is 18.3 Å². The van der Waals surface area contributed by atoms with Crippen LogP contribution in [0, 0.1) is 0 Å². The Labute approximate surface area is 296 Å². The number of nitrogens with one attached hydrogen (secondary N) is 1. The highest BCUT2D eigenvalue weighted by Gasteiger charge is 2.22. The number of amidine groups is 1. The van der Waals surface area contributed by atoms with Gasteiger partial charge in [0, 0.05) is 39.8 Å². The average molecular weight is 658 g/mol. The van der Waals surface area contributed by atoms with E-state index in [2.05, 4.69) is 178 Å². The number of aliphatic imine (C=N–C) groups is 2. The molecule has 0 spiro atoms. The Balaban J connectivity index is 1.31. The Morgan fingerprint density at radius 3 is 1.75 bits per heavy atom. The second-order valence-electron chi connectivity index (χ2n) is 12.7. The molecule has 0 radical (unpaired) electrons. The van der Waals surface area contributed by atoms with Gasteiger partial charge in [-0.15, -0.1) is 0 Å². The summed E-state index contributed by atoms with van der Waals surface area (Å²) in [5.74, 6) is 1.35. The van der Waals surface area contributed by atoms with E-state index in [1.165, 1.54) is 16.3 Å². The molecule has 9 aromatic rings. The monoisotopic (exact) mass is 657 g/mol. The minimum Gasteiger partial charge on any atom is -0.358 e. The van der Waals surface area contributed by atoms with Gasteiger partial charge in [-0.25, -0.2) is 0 Å². The van der Waals surface area contributed by atoms with Gasteiger partial charge >= 0.3 is 0 Å². The van der Waals surface area contributed by atoms with Crippen molar-refractivity contribution < 1.29 is 0 Å². The molecule has 0 aliphatic carbocycles. The summed E-state index contributed by atoms with van der Waals surface area (Å²) >= 11 is 0. The molecule has 0 aliphatic rings. The van der Waals surface area contributed by atoms with Gasteiger partial charge in [0.05, 0.1) is 28.6 Å². The number of fused-ring (bicyclic) bond motifs is 7.